The van der Waals surface area contributed by atoms with E-state index in [1.807, 2.05) is 6.07 Å². The molecule has 100 valence electrons. The van der Waals surface area contributed by atoms with E-state index in [2.05, 4.69) is 19.2 Å². The number of rotatable bonds is 5. The zero-order valence-corrected chi connectivity index (χ0v) is 11.2. The largest absolute Gasteiger partial charge is 0.378 e. The first kappa shape index (κ1) is 13.5. The molecule has 1 saturated heterocycles. The summed E-state index contributed by atoms with van der Waals surface area (Å²) in [6.07, 6.45) is 2.14. The third-order valence-electron chi connectivity index (χ3n) is 4.00. The number of nitrogens with one attached hydrogen (secondary N) is 1. The maximum absolute atomic E-state index is 13.3. The molecule has 2 unspecified atom stereocenters. The molecule has 2 rings (SSSR count). The van der Waals surface area contributed by atoms with Crippen LogP contribution in [0, 0.1) is 11.2 Å². The van der Waals surface area contributed by atoms with Crippen molar-refractivity contribution in [1.82, 2.24) is 5.32 Å². The van der Waals surface area contributed by atoms with Gasteiger partial charge in [-0.3, -0.25) is 0 Å². The normalized spacial score (nSPS) is 27.6. The molecular weight excluding hydrogens is 229 g/mol. The van der Waals surface area contributed by atoms with Crippen LogP contribution >= 0.6 is 0 Å². The van der Waals surface area contributed by atoms with E-state index in [1.165, 1.54) is 6.07 Å². The maximum Gasteiger partial charge on any atom is 0.123 e. The molecule has 1 heterocycles. The first-order chi connectivity index (χ1) is 8.66. The molecule has 0 saturated carbocycles. The van der Waals surface area contributed by atoms with Gasteiger partial charge in [0, 0.05) is 18.6 Å². The Balaban J connectivity index is 2.14. The van der Waals surface area contributed by atoms with Gasteiger partial charge >= 0.3 is 0 Å². The van der Waals surface area contributed by atoms with Gasteiger partial charge in [0.1, 0.15) is 5.82 Å². The Kier molecular flexibility index (Phi) is 4.36. The zero-order valence-electron chi connectivity index (χ0n) is 11.2. The average Bonchev–Trinajstić information content (AvgIpc) is 2.69. The van der Waals surface area contributed by atoms with Crippen molar-refractivity contribution in [1.29, 1.82) is 0 Å². The zero-order chi connectivity index (χ0) is 13.0. The van der Waals surface area contributed by atoms with Gasteiger partial charge in [-0.1, -0.05) is 19.1 Å². The Morgan fingerprint density at radius 1 is 1.50 bits per heavy atom. The van der Waals surface area contributed by atoms with Crippen LogP contribution in [-0.4, -0.2) is 25.8 Å². The Bertz CT molecular complexity index is 396. The van der Waals surface area contributed by atoms with E-state index >= 15 is 0 Å². The van der Waals surface area contributed by atoms with Crippen molar-refractivity contribution in [2.45, 2.75) is 32.8 Å². The fourth-order valence-corrected chi connectivity index (χ4v) is 2.77. The average molecular weight is 251 g/mol. The second kappa shape index (κ2) is 5.81. The van der Waals surface area contributed by atoms with Crippen LogP contribution < -0.4 is 5.32 Å². The summed E-state index contributed by atoms with van der Waals surface area (Å²) in [5.74, 6) is -0.155. The molecule has 0 amide bonds. The molecule has 1 aliphatic heterocycles. The molecule has 1 fully saturated rings. The molecule has 0 bridgehead atoms. The van der Waals surface area contributed by atoms with Crippen LogP contribution in [0.3, 0.4) is 0 Å². The van der Waals surface area contributed by atoms with E-state index in [4.69, 9.17) is 4.74 Å². The third-order valence-corrected chi connectivity index (χ3v) is 4.00. The Hall–Kier alpha value is -0.930. The number of hydrogen-bond donors (Lipinski definition) is 1. The second-order valence-corrected chi connectivity index (χ2v) is 5.21. The van der Waals surface area contributed by atoms with Crippen molar-refractivity contribution < 1.29 is 9.13 Å². The lowest BCUT2D eigenvalue weighted by atomic mass is 9.76. The van der Waals surface area contributed by atoms with Crippen molar-refractivity contribution >= 4 is 0 Å². The minimum atomic E-state index is -0.155. The number of benzene rings is 1. The van der Waals surface area contributed by atoms with Crippen molar-refractivity contribution in [2.24, 2.45) is 5.41 Å². The molecular formula is C15H22FNO. The summed E-state index contributed by atoms with van der Waals surface area (Å²) < 4.78 is 19.0. The van der Waals surface area contributed by atoms with Crippen molar-refractivity contribution in [3.8, 4) is 0 Å². The minimum Gasteiger partial charge on any atom is -0.378 e. The maximum atomic E-state index is 13.3. The first-order valence-electron chi connectivity index (χ1n) is 6.73. The monoisotopic (exact) mass is 251 g/mol. The fraction of sp³-hybridized carbons (Fsp3) is 0.600. The molecule has 0 spiro atoms. The molecule has 1 aromatic rings. The summed E-state index contributed by atoms with van der Waals surface area (Å²) in [4.78, 5) is 0. The summed E-state index contributed by atoms with van der Waals surface area (Å²) in [7, 11) is 0. The van der Waals surface area contributed by atoms with Crippen LogP contribution in [-0.2, 0) is 11.2 Å². The third kappa shape index (κ3) is 2.90. The Labute approximate surface area is 109 Å². The van der Waals surface area contributed by atoms with Crippen molar-refractivity contribution in [2.75, 3.05) is 19.7 Å². The van der Waals surface area contributed by atoms with Crippen molar-refractivity contribution in [3.63, 3.8) is 0 Å². The second-order valence-electron chi connectivity index (χ2n) is 5.21. The van der Waals surface area contributed by atoms with Crippen molar-refractivity contribution in [3.05, 3.63) is 35.6 Å². The van der Waals surface area contributed by atoms with Crippen LogP contribution in [0.25, 0.3) is 0 Å². The highest BCUT2D eigenvalue weighted by Crippen LogP contribution is 2.37. The highest BCUT2D eigenvalue weighted by molar-refractivity contribution is 5.19. The van der Waals surface area contributed by atoms with Crippen LogP contribution in [0.1, 0.15) is 25.8 Å². The molecule has 18 heavy (non-hydrogen) atoms. The van der Waals surface area contributed by atoms with Crippen LogP contribution in [0.4, 0.5) is 4.39 Å². The van der Waals surface area contributed by atoms with E-state index in [0.29, 0.717) is 0 Å². The van der Waals surface area contributed by atoms with Gasteiger partial charge in [-0.15, -0.1) is 0 Å². The minimum absolute atomic E-state index is 0.101. The van der Waals surface area contributed by atoms with Gasteiger partial charge in [0.2, 0.25) is 0 Å². The van der Waals surface area contributed by atoms with E-state index in [9.17, 15) is 4.39 Å². The van der Waals surface area contributed by atoms with Gasteiger partial charge in [0.15, 0.2) is 0 Å². The lowest BCUT2D eigenvalue weighted by Crippen LogP contribution is -2.41. The quantitative estimate of drug-likeness (QED) is 0.869. The molecule has 2 atom stereocenters. The molecule has 1 aliphatic rings. The Morgan fingerprint density at radius 3 is 2.94 bits per heavy atom. The molecule has 0 radical (unpaired) electrons. The predicted molar refractivity (Wildman–Crippen MR) is 71.1 cm³/mol. The van der Waals surface area contributed by atoms with Gasteiger partial charge in [-0.05, 0) is 44.0 Å². The van der Waals surface area contributed by atoms with E-state index in [1.54, 1.807) is 12.1 Å². The lowest BCUT2D eigenvalue weighted by molar-refractivity contribution is 0.0632. The number of ether oxygens (including phenoxy) is 1. The van der Waals surface area contributed by atoms with Gasteiger partial charge in [-0.2, -0.15) is 0 Å². The van der Waals surface area contributed by atoms with E-state index < -0.39 is 0 Å². The smallest absolute Gasteiger partial charge is 0.123 e. The number of halogens is 1. The van der Waals surface area contributed by atoms with E-state index in [0.717, 1.165) is 38.1 Å². The van der Waals surface area contributed by atoms with Crippen LogP contribution in [0.5, 0.6) is 0 Å². The lowest BCUT2D eigenvalue weighted by Gasteiger charge is -2.32. The summed E-state index contributed by atoms with van der Waals surface area (Å²) in [6.45, 7) is 6.93. The van der Waals surface area contributed by atoms with Gasteiger partial charge in [0.25, 0.3) is 0 Å². The summed E-state index contributed by atoms with van der Waals surface area (Å²) >= 11 is 0. The molecule has 3 heteroatoms. The molecule has 0 aromatic heterocycles. The van der Waals surface area contributed by atoms with Crippen LogP contribution in [0.15, 0.2) is 24.3 Å². The highest BCUT2D eigenvalue weighted by Gasteiger charge is 2.41. The SMILES string of the molecule is CCNCC1(Cc2cccc(F)c2)CCOC1C. The molecule has 1 N–H and O–H groups in total. The fourth-order valence-electron chi connectivity index (χ4n) is 2.77. The summed E-state index contributed by atoms with van der Waals surface area (Å²) in [6, 6.07) is 6.92. The number of hydrogen-bond acceptors (Lipinski definition) is 2. The highest BCUT2D eigenvalue weighted by atomic mass is 19.1. The summed E-state index contributed by atoms with van der Waals surface area (Å²) in [5, 5.41) is 3.42. The van der Waals surface area contributed by atoms with Gasteiger partial charge in [0.05, 0.1) is 6.10 Å². The molecule has 0 aliphatic carbocycles. The predicted octanol–water partition coefficient (Wildman–Crippen LogP) is 2.77. The molecule has 1 aromatic carbocycles. The standard InChI is InChI=1S/C15H22FNO/c1-3-17-11-15(7-8-18-12(15)2)10-13-5-4-6-14(16)9-13/h4-6,9,12,17H,3,7-8,10-11H2,1-2H3. The summed E-state index contributed by atoms with van der Waals surface area (Å²) in [5.41, 5.74) is 1.16. The topological polar surface area (TPSA) is 21.3 Å². The first-order valence-corrected chi connectivity index (χ1v) is 6.73. The van der Waals surface area contributed by atoms with E-state index in [-0.39, 0.29) is 17.3 Å². The molecule has 2 nitrogen and oxygen atoms in total. The van der Waals surface area contributed by atoms with Gasteiger partial charge in [-0.25, -0.2) is 4.39 Å². The Morgan fingerprint density at radius 2 is 2.33 bits per heavy atom. The van der Waals surface area contributed by atoms with Gasteiger partial charge < -0.3 is 10.1 Å². The van der Waals surface area contributed by atoms with Crippen LogP contribution in [0.2, 0.25) is 0 Å².